The Bertz CT molecular complexity index is 446. The van der Waals surface area contributed by atoms with E-state index in [0.29, 0.717) is 0 Å². The first-order chi connectivity index (χ1) is 9.57. The predicted molar refractivity (Wildman–Crippen MR) is 82.9 cm³/mol. The quantitative estimate of drug-likeness (QED) is 0.878. The summed E-state index contributed by atoms with van der Waals surface area (Å²) >= 11 is 1.66. The van der Waals surface area contributed by atoms with Crippen molar-refractivity contribution in [3.8, 4) is 0 Å². The third-order valence-electron chi connectivity index (χ3n) is 4.13. The van der Waals surface area contributed by atoms with Gasteiger partial charge >= 0.3 is 0 Å². The van der Waals surface area contributed by atoms with E-state index in [1.807, 2.05) is 20.0 Å². The second-order valence-electron chi connectivity index (χ2n) is 5.78. The number of rotatable bonds is 5. The van der Waals surface area contributed by atoms with Crippen molar-refractivity contribution in [2.24, 2.45) is 5.41 Å². The summed E-state index contributed by atoms with van der Waals surface area (Å²) in [5.41, 5.74) is -0.180. The summed E-state index contributed by atoms with van der Waals surface area (Å²) in [5, 5.41) is 7.53. The van der Waals surface area contributed by atoms with E-state index in [0.717, 1.165) is 43.8 Å². The van der Waals surface area contributed by atoms with Gasteiger partial charge in [0.1, 0.15) is 5.01 Å². The highest BCUT2D eigenvalue weighted by atomic mass is 32.1. The van der Waals surface area contributed by atoms with Gasteiger partial charge in [0.2, 0.25) is 5.91 Å². The van der Waals surface area contributed by atoms with Gasteiger partial charge in [-0.25, -0.2) is 4.98 Å². The number of carbonyl (C=O) groups is 1. The molecule has 1 saturated heterocycles. The molecule has 5 heteroatoms. The second-order valence-corrected chi connectivity index (χ2v) is 7.05. The van der Waals surface area contributed by atoms with Crippen LogP contribution < -0.4 is 10.6 Å². The van der Waals surface area contributed by atoms with E-state index in [9.17, 15) is 4.79 Å². The molecule has 2 N–H and O–H groups in total. The lowest BCUT2D eigenvalue weighted by Crippen LogP contribution is -2.48. The molecule has 0 aromatic carbocycles. The van der Waals surface area contributed by atoms with Crippen LogP contribution in [0.2, 0.25) is 0 Å². The molecule has 1 aromatic heterocycles. The van der Waals surface area contributed by atoms with Crippen LogP contribution in [0.15, 0.2) is 6.20 Å². The second kappa shape index (κ2) is 6.68. The van der Waals surface area contributed by atoms with Gasteiger partial charge in [0.05, 0.1) is 11.5 Å². The van der Waals surface area contributed by atoms with Crippen molar-refractivity contribution in [1.29, 1.82) is 0 Å². The van der Waals surface area contributed by atoms with E-state index in [-0.39, 0.29) is 17.4 Å². The first-order valence-electron chi connectivity index (χ1n) is 7.51. The van der Waals surface area contributed by atoms with E-state index in [1.165, 1.54) is 4.88 Å². The average Bonchev–Trinajstić information content (AvgIpc) is 2.87. The third-order valence-corrected chi connectivity index (χ3v) is 5.22. The maximum absolute atomic E-state index is 12.7. The van der Waals surface area contributed by atoms with Crippen molar-refractivity contribution in [2.75, 3.05) is 13.1 Å². The van der Waals surface area contributed by atoms with E-state index >= 15 is 0 Å². The fraction of sp³-hybridized carbons (Fsp3) is 0.733. The van der Waals surface area contributed by atoms with E-state index < -0.39 is 0 Å². The lowest BCUT2D eigenvalue weighted by molar-refractivity contribution is -0.133. The first kappa shape index (κ1) is 15.4. The Hall–Kier alpha value is -0.940. The number of nitrogens with one attached hydrogen (secondary N) is 2. The van der Waals surface area contributed by atoms with Gasteiger partial charge in [-0.3, -0.25) is 4.79 Å². The average molecular weight is 295 g/mol. The summed E-state index contributed by atoms with van der Waals surface area (Å²) in [4.78, 5) is 18.3. The fourth-order valence-electron chi connectivity index (χ4n) is 2.96. The molecule has 1 aliphatic heterocycles. The van der Waals surface area contributed by atoms with Gasteiger partial charge in [-0.15, -0.1) is 11.3 Å². The zero-order valence-electron chi connectivity index (χ0n) is 12.7. The Morgan fingerprint density at radius 2 is 2.25 bits per heavy atom. The van der Waals surface area contributed by atoms with E-state index in [2.05, 4.69) is 22.5 Å². The topological polar surface area (TPSA) is 54.0 Å². The minimum Gasteiger partial charge on any atom is -0.347 e. The highest BCUT2D eigenvalue weighted by Crippen LogP contribution is 2.35. The summed E-state index contributed by atoms with van der Waals surface area (Å²) in [6, 6.07) is 0.00446. The largest absolute Gasteiger partial charge is 0.347 e. The van der Waals surface area contributed by atoms with Crippen LogP contribution in [0.1, 0.15) is 55.5 Å². The fourth-order valence-corrected chi connectivity index (χ4v) is 3.73. The Labute approximate surface area is 125 Å². The van der Waals surface area contributed by atoms with Crippen LogP contribution in [-0.2, 0) is 4.79 Å². The van der Waals surface area contributed by atoms with Crippen molar-refractivity contribution < 1.29 is 4.79 Å². The Morgan fingerprint density at radius 1 is 1.55 bits per heavy atom. The normalized spacial score (nSPS) is 19.6. The van der Waals surface area contributed by atoms with Crippen LogP contribution in [-0.4, -0.2) is 24.0 Å². The molecule has 0 aliphatic carbocycles. The van der Waals surface area contributed by atoms with Crippen LogP contribution in [0.3, 0.4) is 0 Å². The van der Waals surface area contributed by atoms with Crippen molar-refractivity contribution in [1.82, 2.24) is 15.6 Å². The number of carbonyl (C=O) groups excluding carboxylic acids is 1. The predicted octanol–water partition coefficient (Wildman–Crippen LogP) is 2.80. The van der Waals surface area contributed by atoms with Gasteiger partial charge in [-0.2, -0.15) is 0 Å². The molecule has 20 heavy (non-hydrogen) atoms. The number of piperidine rings is 1. The summed E-state index contributed by atoms with van der Waals surface area (Å²) in [6.07, 6.45) is 5.78. The number of hydrogen-bond donors (Lipinski definition) is 2. The molecule has 0 bridgehead atoms. The number of hydrogen-bond acceptors (Lipinski definition) is 4. The molecule has 0 saturated carbocycles. The molecule has 1 amide bonds. The van der Waals surface area contributed by atoms with Gasteiger partial charge in [0.25, 0.3) is 0 Å². The molecule has 1 aliphatic rings. The summed E-state index contributed by atoms with van der Waals surface area (Å²) in [6.45, 7) is 8.11. The lowest BCUT2D eigenvalue weighted by atomic mass is 9.74. The minimum atomic E-state index is -0.180. The lowest BCUT2D eigenvalue weighted by Gasteiger charge is -2.36. The SMILES string of the molecule is CCCC1(C(=O)NC(C)c2ncc(C)s2)CCNCC1. The maximum atomic E-state index is 12.7. The van der Waals surface area contributed by atoms with Gasteiger partial charge < -0.3 is 10.6 Å². The maximum Gasteiger partial charge on any atom is 0.226 e. The highest BCUT2D eigenvalue weighted by Gasteiger charge is 2.39. The zero-order chi connectivity index (χ0) is 14.6. The van der Waals surface area contributed by atoms with Crippen molar-refractivity contribution in [3.05, 3.63) is 16.1 Å². The van der Waals surface area contributed by atoms with E-state index in [1.54, 1.807) is 11.3 Å². The van der Waals surface area contributed by atoms with Crippen molar-refractivity contribution >= 4 is 17.2 Å². The van der Waals surface area contributed by atoms with Gasteiger partial charge in [-0.1, -0.05) is 13.3 Å². The zero-order valence-corrected chi connectivity index (χ0v) is 13.5. The molecule has 1 fully saturated rings. The third kappa shape index (κ3) is 3.38. The van der Waals surface area contributed by atoms with Gasteiger partial charge in [0.15, 0.2) is 0 Å². The Morgan fingerprint density at radius 3 is 2.80 bits per heavy atom. The number of nitrogens with zero attached hydrogens (tertiary/aromatic N) is 1. The highest BCUT2D eigenvalue weighted by molar-refractivity contribution is 7.11. The molecule has 2 rings (SSSR count). The van der Waals surface area contributed by atoms with Crippen molar-refractivity contribution in [2.45, 2.75) is 52.5 Å². The minimum absolute atomic E-state index is 0.00446. The Balaban J connectivity index is 2.04. The van der Waals surface area contributed by atoms with Crippen LogP contribution >= 0.6 is 11.3 Å². The summed E-state index contributed by atoms with van der Waals surface area (Å²) in [7, 11) is 0. The molecule has 112 valence electrons. The van der Waals surface area contributed by atoms with Crippen molar-refractivity contribution in [3.63, 3.8) is 0 Å². The monoisotopic (exact) mass is 295 g/mol. The summed E-state index contributed by atoms with van der Waals surface area (Å²) in [5.74, 6) is 0.209. The van der Waals surface area contributed by atoms with Crippen LogP contribution in [0.25, 0.3) is 0 Å². The summed E-state index contributed by atoms with van der Waals surface area (Å²) < 4.78 is 0. The standard InChI is InChI=1S/C15H25N3OS/c1-4-5-15(6-8-16-9-7-15)14(19)18-12(3)13-17-10-11(2)20-13/h10,12,16H,4-9H2,1-3H3,(H,18,19). The van der Waals surface area contributed by atoms with E-state index in [4.69, 9.17) is 0 Å². The smallest absolute Gasteiger partial charge is 0.226 e. The molecule has 4 nitrogen and oxygen atoms in total. The molecule has 0 spiro atoms. The molecule has 2 heterocycles. The van der Waals surface area contributed by atoms with Gasteiger partial charge in [-0.05, 0) is 46.2 Å². The van der Waals surface area contributed by atoms with Crippen LogP contribution in [0.4, 0.5) is 0 Å². The number of aromatic nitrogens is 1. The van der Waals surface area contributed by atoms with Crippen LogP contribution in [0.5, 0.6) is 0 Å². The first-order valence-corrected chi connectivity index (χ1v) is 8.33. The number of amides is 1. The van der Waals surface area contributed by atoms with Crippen LogP contribution in [0, 0.1) is 12.3 Å². The molecule has 1 aromatic rings. The molecule has 1 atom stereocenters. The molecule has 1 unspecified atom stereocenters. The molecular formula is C15H25N3OS. The number of thiazole rings is 1. The number of aryl methyl sites for hydroxylation is 1. The van der Waals surface area contributed by atoms with Gasteiger partial charge in [0, 0.05) is 11.1 Å². The molecule has 0 radical (unpaired) electrons. The Kier molecular flexibility index (Phi) is 5.16. The molecular weight excluding hydrogens is 270 g/mol.